The van der Waals surface area contributed by atoms with E-state index in [0.29, 0.717) is 49.5 Å². The largest absolute Gasteiger partial charge is 0.477 e. The number of rotatable bonds is 6. The fourth-order valence-corrected chi connectivity index (χ4v) is 4.11. The van der Waals surface area contributed by atoms with E-state index in [-0.39, 0.29) is 11.1 Å². The molecule has 4 aromatic rings. The van der Waals surface area contributed by atoms with Crippen LogP contribution >= 0.6 is 0 Å². The van der Waals surface area contributed by atoms with Crippen molar-refractivity contribution in [3.05, 3.63) is 84.2 Å². The van der Waals surface area contributed by atoms with Crippen molar-refractivity contribution in [2.45, 2.75) is 0 Å². The highest BCUT2D eigenvalue weighted by atomic mass is 16.4. The molecule has 180 valence electrons. The Morgan fingerprint density at radius 2 is 0.972 bits per heavy atom. The summed E-state index contributed by atoms with van der Waals surface area (Å²) in [6.07, 6.45) is 2.66. The van der Waals surface area contributed by atoms with Gasteiger partial charge in [0.25, 0.3) is 0 Å². The van der Waals surface area contributed by atoms with E-state index in [1.165, 1.54) is 12.4 Å². The molecule has 0 unspecified atom stereocenters. The predicted octanol–water partition coefficient (Wildman–Crippen LogP) is 3.32. The first-order chi connectivity index (χ1) is 17.5. The summed E-state index contributed by atoms with van der Waals surface area (Å²) in [5.41, 5.74) is 1.61. The van der Waals surface area contributed by atoms with Crippen LogP contribution in [0.3, 0.4) is 0 Å². The number of piperazine rings is 1. The average Bonchev–Trinajstić information content (AvgIpc) is 2.93. The lowest BCUT2D eigenvalue weighted by molar-refractivity contribution is 0.0685. The molecule has 5 rings (SSSR count). The molecule has 0 radical (unpaired) electrons. The van der Waals surface area contributed by atoms with Gasteiger partial charge >= 0.3 is 11.9 Å². The summed E-state index contributed by atoms with van der Waals surface area (Å²) in [6.45, 7) is 1.70. The summed E-state index contributed by atoms with van der Waals surface area (Å²) in [6, 6.07) is 18.7. The van der Waals surface area contributed by atoms with Gasteiger partial charge in [0.15, 0.2) is 11.6 Å². The van der Waals surface area contributed by atoms with E-state index in [0.717, 1.165) is 11.1 Å². The van der Waals surface area contributed by atoms with Gasteiger partial charge in [-0.3, -0.25) is 0 Å². The molecule has 3 heterocycles. The maximum Gasteiger partial charge on any atom is 0.341 e. The number of benzene rings is 2. The second kappa shape index (κ2) is 9.79. The summed E-state index contributed by atoms with van der Waals surface area (Å²) in [7, 11) is 0. The normalized spacial score (nSPS) is 13.4. The predicted molar refractivity (Wildman–Crippen MR) is 133 cm³/mol. The number of carboxylic acids is 2. The number of anilines is 2. The molecule has 0 bridgehead atoms. The molecule has 0 aliphatic carbocycles. The van der Waals surface area contributed by atoms with Crippen molar-refractivity contribution < 1.29 is 19.8 Å². The first-order valence-electron chi connectivity index (χ1n) is 11.3. The zero-order valence-corrected chi connectivity index (χ0v) is 19.2. The van der Waals surface area contributed by atoms with Gasteiger partial charge < -0.3 is 20.0 Å². The van der Waals surface area contributed by atoms with Crippen LogP contribution in [0.1, 0.15) is 20.7 Å². The lowest BCUT2D eigenvalue weighted by atomic mass is 10.2. The first kappa shape index (κ1) is 22.9. The molecule has 10 heteroatoms. The summed E-state index contributed by atoms with van der Waals surface area (Å²) >= 11 is 0. The molecule has 36 heavy (non-hydrogen) atoms. The standard InChI is InChI=1S/C26H22N6O4/c33-25(34)19-15-27-21(17-7-3-1-4-8-17)29-23(19)31-11-13-32(14-12-31)24-20(26(35)36)16-28-22(30-24)18-9-5-2-6-10-18/h1-10,15-16H,11-14H2,(H,33,34)(H,35,36). The van der Waals surface area contributed by atoms with Gasteiger partial charge in [-0.2, -0.15) is 0 Å². The van der Waals surface area contributed by atoms with Crippen molar-refractivity contribution >= 4 is 23.6 Å². The minimum absolute atomic E-state index is 0.0164. The van der Waals surface area contributed by atoms with Gasteiger partial charge in [-0.1, -0.05) is 60.7 Å². The maximum absolute atomic E-state index is 11.9. The fourth-order valence-electron chi connectivity index (χ4n) is 4.11. The molecule has 2 aromatic carbocycles. The Balaban J connectivity index is 1.43. The van der Waals surface area contributed by atoms with Crippen LogP contribution in [0.5, 0.6) is 0 Å². The molecule has 0 amide bonds. The Morgan fingerprint density at radius 3 is 1.31 bits per heavy atom. The minimum Gasteiger partial charge on any atom is -0.477 e. The van der Waals surface area contributed by atoms with E-state index in [1.807, 2.05) is 70.5 Å². The van der Waals surface area contributed by atoms with Gasteiger partial charge in [0, 0.05) is 49.7 Å². The lowest BCUT2D eigenvalue weighted by Gasteiger charge is -2.37. The lowest BCUT2D eigenvalue weighted by Crippen LogP contribution is -2.48. The van der Waals surface area contributed by atoms with Crippen LogP contribution in [0.25, 0.3) is 22.8 Å². The van der Waals surface area contributed by atoms with Crippen LogP contribution in [0, 0.1) is 0 Å². The number of nitrogens with zero attached hydrogens (tertiary/aromatic N) is 6. The van der Waals surface area contributed by atoms with Gasteiger partial charge in [0.2, 0.25) is 0 Å². The smallest absolute Gasteiger partial charge is 0.341 e. The van der Waals surface area contributed by atoms with E-state index in [2.05, 4.69) is 19.9 Å². The SMILES string of the molecule is O=C(O)c1cnc(-c2ccccc2)nc1N1CCN(c2nc(-c3ccccc3)ncc2C(=O)O)CC1. The highest BCUT2D eigenvalue weighted by molar-refractivity contribution is 5.94. The van der Waals surface area contributed by atoms with Crippen LogP contribution < -0.4 is 9.80 Å². The van der Waals surface area contributed by atoms with Crippen molar-refractivity contribution in [2.24, 2.45) is 0 Å². The van der Waals surface area contributed by atoms with Crippen LogP contribution in [0.15, 0.2) is 73.1 Å². The molecule has 10 nitrogen and oxygen atoms in total. The maximum atomic E-state index is 11.9. The molecule has 1 aliphatic heterocycles. The number of aromatic carboxylic acids is 2. The fraction of sp³-hybridized carbons (Fsp3) is 0.154. The summed E-state index contributed by atoms with van der Waals surface area (Å²) < 4.78 is 0. The Morgan fingerprint density at radius 1 is 0.611 bits per heavy atom. The minimum atomic E-state index is -1.11. The number of carboxylic acid groups (broad SMARTS) is 2. The molecular weight excluding hydrogens is 460 g/mol. The van der Waals surface area contributed by atoms with Crippen LogP contribution in [-0.4, -0.2) is 68.3 Å². The molecule has 0 atom stereocenters. The van der Waals surface area contributed by atoms with Crippen molar-refractivity contribution in [3.8, 4) is 22.8 Å². The van der Waals surface area contributed by atoms with E-state index in [4.69, 9.17) is 0 Å². The topological polar surface area (TPSA) is 133 Å². The van der Waals surface area contributed by atoms with E-state index in [9.17, 15) is 19.8 Å². The van der Waals surface area contributed by atoms with Gasteiger partial charge in [0.05, 0.1) is 0 Å². The first-order valence-corrected chi connectivity index (χ1v) is 11.3. The van der Waals surface area contributed by atoms with Crippen molar-refractivity contribution in [2.75, 3.05) is 36.0 Å². The van der Waals surface area contributed by atoms with Crippen molar-refractivity contribution in [1.82, 2.24) is 19.9 Å². The van der Waals surface area contributed by atoms with Crippen LogP contribution in [0.2, 0.25) is 0 Å². The van der Waals surface area contributed by atoms with E-state index in [1.54, 1.807) is 0 Å². The van der Waals surface area contributed by atoms with Gasteiger partial charge in [-0.25, -0.2) is 29.5 Å². The van der Waals surface area contributed by atoms with Crippen molar-refractivity contribution in [3.63, 3.8) is 0 Å². The molecule has 0 saturated carbocycles. The summed E-state index contributed by atoms with van der Waals surface area (Å²) in [5, 5.41) is 19.4. The Kier molecular flexibility index (Phi) is 6.23. The Bertz CT molecular complexity index is 1300. The number of aromatic nitrogens is 4. The zero-order chi connectivity index (χ0) is 25.1. The highest BCUT2D eigenvalue weighted by Gasteiger charge is 2.27. The van der Waals surface area contributed by atoms with Gasteiger partial charge in [-0.05, 0) is 0 Å². The van der Waals surface area contributed by atoms with E-state index >= 15 is 0 Å². The molecule has 0 spiro atoms. The van der Waals surface area contributed by atoms with Crippen LogP contribution in [0.4, 0.5) is 11.6 Å². The zero-order valence-electron chi connectivity index (χ0n) is 19.2. The molecule has 2 N–H and O–H groups in total. The van der Waals surface area contributed by atoms with Crippen LogP contribution in [-0.2, 0) is 0 Å². The van der Waals surface area contributed by atoms with Gasteiger partial charge in [0.1, 0.15) is 22.8 Å². The second-order valence-electron chi connectivity index (χ2n) is 8.18. The molecule has 1 saturated heterocycles. The monoisotopic (exact) mass is 482 g/mol. The Labute approximate surface area is 206 Å². The summed E-state index contributed by atoms with van der Waals surface area (Å²) in [5.74, 6) is -0.666. The second-order valence-corrected chi connectivity index (χ2v) is 8.18. The third-order valence-corrected chi connectivity index (χ3v) is 5.94. The molecule has 1 fully saturated rings. The average molecular weight is 483 g/mol. The molecule has 2 aromatic heterocycles. The highest BCUT2D eigenvalue weighted by Crippen LogP contribution is 2.27. The summed E-state index contributed by atoms with van der Waals surface area (Å²) in [4.78, 5) is 45.2. The molecular formula is C26H22N6O4. The third kappa shape index (κ3) is 4.56. The number of carbonyl (C=O) groups is 2. The molecule has 1 aliphatic rings. The Hall–Kier alpha value is -4.86. The van der Waals surface area contributed by atoms with Gasteiger partial charge in [-0.15, -0.1) is 0 Å². The van der Waals surface area contributed by atoms with Crippen molar-refractivity contribution in [1.29, 1.82) is 0 Å². The number of hydrogen-bond donors (Lipinski definition) is 2. The third-order valence-electron chi connectivity index (χ3n) is 5.94. The number of hydrogen-bond acceptors (Lipinski definition) is 8. The quantitative estimate of drug-likeness (QED) is 0.422. The van der Waals surface area contributed by atoms with E-state index < -0.39 is 11.9 Å².